The average Bonchev–Trinajstić information content (AvgIpc) is 4.33. The molecule has 9 heterocycles. The molecular formula is C51H75Br6N9O12. The van der Waals surface area contributed by atoms with Gasteiger partial charge in [-0.2, -0.15) is 0 Å². The molecule has 9 aliphatic heterocycles. The molecular weight excluding hydrogens is 1410 g/mol. The Bertz CT molecular complexity index is 2310. The number of quaternary nitrogens is 3. The van der Waals surface area contributed by atoms with E-state index in [1.807, 2.05) is 0 Å². The van der Waals surface area contributed by atoms with E-state index >= 15 is 0 Å². The van der Waals surface area contributed by atoms with E-state index in [1.165, 1.54) is 77.0 Å². The number of nitrogens with zero attached hydrogens (tertiary/aromatic N) is 9. The lowest BCUT2D eigenvalue weighted by Gasteiger charge is -2.46. The number of nitro groups is 6. The lowest BCUT2D eigenvalue weighted by molar-refractivity contribution is -0.969. The molecule has 18 rings (SSSR count). The first kappa shape index (κ1) is 60.3. The molecule has 18 bridgehead atoms. The highest BCUT2D eigenvalue weighted by molar-refractivity contribution is 9.10. The highest BCUT2D eigenvalue weighted by atomic mass is 79.9. The van der Waals surface area contributed by atoms with Crippen molar-refractivity contribution in [1.82, 2.24) is 0 Å². The lowest BCUT2D eigenvalue weighted by Crippen LogP contribution is -3.00. The average molecular weight is 1490 g/mol. The predicted octanol–water partition coefficient (Wildman–Crippen LogP) is -1.15. The first-order chi connectivity index (χ1) is 35.2. The van der Waals surface area contributed by atoms with Gasteiger partial charge >= 0.3 is 0 Å². The largest absolute Gasteiger partial charge is 1.00 e. The Kier molecular flexibility index (Phi) is 14.9. The topological polar surface area (TPSA) is 259 Å². The van der Waals surface area contributed by atoms with Crippen LogP contribution in [0.2, 0.25) is 0 Å². The van der Waals surface area contributed by atoms with Gasteiger partial charge in [0.15, 0.2) is 39.3 Å². The number of fused-ring (bicyclic) bond motifs is 6. The molecule has 0 radical (unpaired) electrons. The van der Waals surface area contributed by atoms with Gasteiger partial charge in [-0.1, -0.05) is 67.1 Å². The van der Waals surface area contributed by atoms with Crippen LogP contribution in [0.1, 0.15) is 136 Å². The van der Waals surface area contributed by atoms with Crippen molar-refractivity contribution in [2.24, 2.45) is 53.3 Å². The van der Waals surface area contributed by atoms with Gasteiger partial charge in [0, 0.05) is 47.3 Å². The molecule has 9 saturated carbocycles. The lowest BCUT2D eigenvalue weighted by atomic mass is 9.72. The molecule has 0 aromatic rings. The Morgan fingerprint density at radius 3 is 0.808 bits per heavy atom. The maximum atomic E-state index is 12.0. The third-order valence-corrected chi connectivity index (χ3v) is 31.0. The quantitative estimate of drug-likeness (QED) is 0.0972. The normalized spacial score (nSPS) is 54.3. The molecule has 9 saturated heterocycles. The smallest absolute Gasteiger partial charge is 0.294 e. The van der Waals surface area contributed by atoms with Gasteiger partial charge in [-0.3, -0.25) is 60.7 Å². The second-order valence-corrected chi connectivity index (χ2v) is 32.0. The molecule has 0 amide bonds. The third-order valence-electron chi connectivity index (χ3n) is 26.6. The Morgan fingerprint density at radius 2 is 0.628 bits per heavy atom. The van der Waals surface area contributed by atoms with Gasteiger partial charge in [0.1, 0.15) is 51.9 Å². The van der Waals surface area contributed by atoms with Crippen molar-refractivity contribution in [2.75, 3.05) is 39.3 Å². The van der Waals surface area contributed by atoms with Gasteiger partial charge in [0.2, 0.25) is 0 Å². The molecule has 27 heteroatoms. The molecule has 21 nitrogen and oxygen atoms in total. The van der Waals surface area contributed by atoms with E-state index in [0.29, 0.717) is 108 Å². The van der Waals surface area contributed by atoms with Crippen LogP contribution in [0.4, 0.5) is 0 Å². The van der Waals surface area contributed by atoms with Gasteiger partial charge < -0.3 is 64.4 Å². The minimum absolute atomic E-state index is 0. The van der Waals surface area contributed by atoms with Crippen molar-refractivity contribution >= 4 is 47.8 Å². The fourth-order valence-corrected chi connectivity index (χ4v) is 27.2. The van der Waals surface area contributed by atoms with Crippen LogP contribution in [0.3, 0.4) is 0 Å². The van der Waals surface area contributed by atoms with Crippen LogP contribution in [-0.4, -0.2) is 166 Å². The van der Waals surface area contributed by atoms with Crippen molar-refractivity contribution < 1.29 is 93.9 Å². The van der Waals surface area contributed by atoms with E-state index in [2.05, 4.69) is 68.6 Å². The van der Waals surface area contributed by atoms with Crippen LogP contribution in [0.15, 0.2) is 0 Å². The van der Waals surface area contributed by atoms with Crippen LogP contribution in [-0.2, 0) is 0 Å². The number of hydrogen-bond donors (Lipinski definition) is 0. The summed E-state index contributed by atoms with van der Waals surface area (Å²) in [6.45, 7) is 9.66. The second kappa shape index (κ2) is 19.3. The van der Waals surface area contributed by atoms with Crippen LogP contribution >= 0.6 is 47.8 Å². The first-order valence-electron chi connectivity index (χ1n) is 28.6. The molecule has 0 aromatic heterocycles. The molecule has 78 heavy (non-hydrogen) atoms. The number of piperidine rings is 3. The Balaban J connectivity index is 0.000000130. The molecule has 18 fully saturated rings. The van der Waals surface area contributed by atoms with E-state index in [-0.39, 0.29) is 132 Å². The third kappa shape index (κ3) is 7.60. The van der Waals surface area contributed by atoms with Crippen molar-refractivity contribution in [1.29, 1.82) is 0 Å². The molecule has 0 N–H and O–H groups in total. The van der Waals surface area contributed by atoms with Crippen LogP contribution in [0.5, 0.6) is 0 Å². The molecule has 0 aromatic carbocycles. The molecule has 0 spiro atoms. The van der Waals surface area contributed by atoms with Crippen molar-refractivity contribution in [2.45, 2.75) is 220 Å². The fourth-order valence-electron chi connectivity index (χ4n) is 23.8. The maximum Gasteiger partial charge on any atom is 0.294 e. The van der Waals surface area contributed by atoms with E-state index in [1.54, 1.807) is 0 Å². The summed E-state index contributed by atoms with van der Waals surface area (Å²) in [7, 11) is 0. The van der Waals surface area contributed by atoms with Crippen LogP contribution < -0.4 is 50.9 Å². The minimum atomic E-state index is -1.17. The van der Waals surface area contributed by atoms with Crippen molar-refractivity contribution in [3.05, 3.63) is 60.7 Å². The number of hydrogen-bond acceptors (Lipinski definition) is 12. The van der Waals surface area contributed by atoms with E-state index in [0.717, 1.165) is 35.5 Å². The molecule has 18 aliphatic rings. The van der Waals surface area contributed by atoms with E-state index < -0.39 is 33.2 Å². The number of halogens is 6. The zero-order valence-electron chi connectivity index (χ0n) is 44.6. The summed E-state index contributed by atoms with van der Waals surface area (Å²) in [6, 6.07) is 0.925. The van der Waals surface area contributed by atoms with E-state index in [4.69, 9.17) is 0 Å². The van der Waals surface area contributed by atoms with E-state index in [9.17, 15) is 60.7 Å². The fraction of sp³-hybridized carbons (Fsp3) is 1.00. The van der Waals surface area contributed by atoms with Gasteiger partial charge in [0.05, 0.1) is 37.4 Å². The van der Waals surface area contributed by atoms with Gasteiger partial charge in [-0.25, -0.2) is 0 Å². The summed E-state index contributed by atoms with van der Waals surface area (Å²) in [6.07, 6.45) is 17.2. The highest BCUT2D eigenvalue weighted by Crippen LogP contribution is 2.67. The number of rotatable bonds is 12. The monoisotopic (exact) mass is 1480 g/mol. The highest BCUT2D eigenvalue weighted by Gasteiger charge is 2.89. The summed E-state index contributed by atoms with van der Waals surface area (Å²) >= 11 is 11.0. The Hall–Kier alpha value is -0.840. The summed E-state index contributed by atoms with van der Waals surface area (Å²) in [4.78, 5) is 70.1. The van der Waals surface area contributed by atoms with Crippen LogP contribution in [0.25, 0.3) is 0 Å². The van der Waals surface area contributed by atoms with Crippen molar-refractivity contribution in [3.8, 4) is 0 Å². The van der Waals surface area contributed by atoms with Gasteiger partial charge in [0.25, 0.3) is 33.2 Å². The zero-order chi connectivity index (χ0) is 53.3. The molecule has 27 atom stereocenters. The second-order valence-electron chi connectivity index (χ2n) is 29.1. The maximum absolute atomic E-state index is 12.0. The molecule has 27 unspecified atom stereocenters. The number of alkyl halides is 3. The summed E-state index contributed by atoms with van der Waals surface area (Å²) in [5, 5.41) is 71.9. The molecule has 438 valence electrons. The predicted molar refractivity (Wildman–Crippen MR) is 281 cm³/mol. The minimum Gasteiger partial charge on any atom is -1.00 e. The molecule has 9 aliphatic carbocycles. The van der Waals surface area contributed by atoms with Gasteiger partial charge in [-0.15, -0.1) is 0 Å². The van der Waals surface area contributed by atoms with Gasteiger partial charge in [-0.05, 0) is 114 Å². The van der Waals surface area contributed by atoms with Crippen molar-refractivity contribution in [3.63, 3.8) is 0 Å². The Labute approximate surface area is 511 Å². The summed E-state index contributed by atoms with van der Waals surface area (Å²) in [5.41, 5.74) is -6.77. The first-order valence-corrected chi connectivity index (χ1v) is 31.4. The summed E-state index contributed by atoms with van der Waals surface area (Å²) in [5.74, 6) is 6.43. The Morgan fingerprint density at radius 1 is 0.385 bits per heavy atom. The SMILES string of the molecule is CC(C1CC2CCC1C2)[N+]12CC3([N+](=O)[O-])CC1C(Br)C([N+](=O)[O-])(C3)C2.CC(C1CC2CCC1C2)[N+]12CC3([N+](=O)[O-])CC1C(Br)C([N+](=O)[O-])(C3)C2.CC(C1CC2CCC1C2)[N+]12CC3([N+](=O)[O-])CC1C(Br)C([N+](=O)[O-])(C3)C2.[Br-].[Br-].[Br-]. The standard InChI is InChI=1S/3C17H25BrN3O4.3BrH/c3*1-10(13-5-11-2-3-12(13)4-11)21-8-16(19(22)23)6-14(21)15(18)17(7-16,9-21)20(24)25;;;/h3*10-15H,2-9H2,1H3;3*1H/q3*+1;;;/p-3. The zero-order valence-corrected chi connectivity index (χ0v) is 54.1. The summed E-state index contributed by atoms with van der Waals surface area (Å²) < 4.78 is 1.85. The van der Waals surface area contributed by atoms with Crippen LogP contribution in [0, 0.1) is 114 Å².